The van der Waals surface area contributed by atoms with Crippen LogP contribution in [0.1, 0.15) is 44.4 Å². The molecule has 0 spiro atoms. The largest absolute Gasteiger partial charge is 0.480 e. The van der Waals surface area contributed by atoms with Gasteiger partial charge in [0.2, 0.25) is 0 Å². The van der Waals surface area contributed by atoms with Crippen LogP contribution in [0.25, 0.3) is 0 Å². The second-order valence-electron chi connectivity index (χ2n) is 5.35. The van der Waals surface area contributed by atoms with E-state index in [1.54, 1.807) is 11.8 Å². The summed E-state index contributed by atoms with van der Waals surface area (Å²) in [6, 6.07) is 4.13. The van der Waals surface area contributed by atoms with Gasteiger partial charge in [-0.05, 0) is 63.1 Å². The standard InChI is InChI=1S/C16H26N2O2S/c1-5-16(15(19)20,17-6-2)8-7-9-21-14-11-12(3)10-13(4)18-14/h10-11,17H,5-9H2,1-4H3,(H,19,20). The lowest BCUT2D eigenvalue weighted by atomic mass is 9.91. The topological polar surface area (TPSA) is 62.2 Å². The van der Waals surface area contributed by atoms with E-state index in [0.29, 0.717) is 19.4 Å². The monoisotopic (exact) mass is 310 g/mol. The number of aromatic nitrogens is 1. The number of pyridine rings is 1. The Morgan fingerprint density at radius 2 is 2.10 bits per heavy atom. The normalized spacial score (nSPS) is 13.9. The van der Waals surface area contributed by atoms with Gasteiger partial charge in [-0.3, -0.25) is 4.79 Å². The van der Waals surface area contributed by atoms with Crippen molar-refractivity contribution in [2.45, 2.75) is 57.5 Å². The van der Waals surface area contributed by atoms with Crippen LogP contribution in [0.3, 0.4) is 0 Å². The second-order valence-corrected chi connectivity index (χ2v) is 6.46. The van der Waals surface area contributed by atoms with Gasteiger partial charge in [0.1, 0.15) is 5.54 Å². The van der Waals surface area contributed by atoms with Crippen molar-refractivity contribution in [2.75, 3.05) is 12.3 Å². The minimum atomic E-state index is -0.786. The molecule has 1 unspecified atom stereocenters. The summed E-state index contributed by atoms with van der Waals surface area (Å²) in [4.78, 5) is 16.0. The van der Waals surface area contributed by atoms with Crippen LogP contribution in [0.4, 0.5) is 0 Å². The Morgan fingerprint density at radius 3 is 2.62 bits per heavy atom. The SMILES string of the molecule is CCNC(CC)(CCCSc1cc(C)cc(C)n1)C(=O)O. The number of hydrogen-bond donors (Lipinski definition) is 2. The summed E-state index contributed by atoms with van der Waals surface area (Å²) in [5.41, 5.74) is 1.45. The fourth-order valence-electron chi connectivity index (χ4n) is 2.49. The number of likely N-dealkylation sites (N-methyl/N-ethyl adjacent to an activating group) is 1. The molecule has 0 bridgehead atoms. The summed E-state index contributed by atoms with van der Waals surface area (Å²) in [6.07, 6.45) is 2.10. The van der Waals surface area contributed by atoms with E-state index in [0.717, 1.165) is 22.9 Å². The van der Waals surface area contributed by atoms with E-state index in [2.05, 4.69) is 29.4 Å². The Bertz CT molecular complexity index is 459. The van der Waals surface area contributed by atoms with Crippen molar-refractivity contribution < 1.29 is 9.90 Å². The molecule has 118 valence electrons. The highest BCUT2D eigenvalue weighted by Gasteiger charge is 2.34. The van der Waals surface area contributed by atoms with Gasteiger partial charge < -0.3 is 10.4 Å². The summed E-state index contributed by atoms with van der Waals surface area (Å²) in [5, 5.41) is 13.6. The van der Waals surface area contributed by atoms with Crippen molar-refractivity contribution in [2.24, 2.45) is 0 Å². The maximum Gasteiger partial charge on any atom is 0.323 e. The lowest BCUT2D eigenvalue weighted by Crippen LogP contribution is -2.51. The predicted molar refractivity (Wildman–Crippen MR) is 88.0 cm³/mol. The van der Waals surface area contributed by atoms with Gasteiger partial charge in [0.25, 0.3) is 0 Å². The Balaban J connectivity index is 2.53. The summed E-state index contributed by atoms with van der Waals surface area (Å²) in [6.45, 7) is 8.61. The van der Waals surface area contributed by atoms with E-state index in [4.69, 9.17) is 0 Å². The first-order chi connectivity index (χ1) is 9.93. The molecule has 0 saturated carbocycles. The van der Waals surface area contributed by atoms with E-state index in [1.807, 2.05) is 20.8 Å². The van der Waals surface area contributed by atoms with Crippen molar-refractivity contribution in [3.63, 3.8) is 0 Å². The fourth-order valence-corrected chi connectivity index (χ4v) is 3.47. The Kier molecular flexibility index (Phi) is 7.18. The molecule has 1 rings (SSSR count). The zero-order valence-corrected chi connectivity index (χ0v) is 14.2. The van der Waals surface area contributed by atoms with Crippen molar-refractivity contribution in [3.05, 3.63) is 23.4 Å². The van der Waals surface area contributed by atoms with E-state index in [9.17, 15) is 9.90 Å². The number of nitrogens with zero attached hydrogens (tertiary/aromatic N) is 1. The van der Waals surface area contributed by atoms with Crippen LogP contribution in [0.15, 0.2) is 17.2 Å². The summed E-state index contributed by atoms with van der Waals surface area (Å²) in [5.74, 6) is 0.137. The van der Waals surface area contributed by atoms with E-state index < -0.39 is 11.5 Å². The Labute approximate surface area is 131 Å². The van der Waals surface area contributed by atoms with Gasteiger partial charge in [-0.2, -0.15) is 0 Å². The third-order valence-corrected chi connectivity index (χ3v) is 4.60. The van der Waals surface area contributed by atoms with Crippen molar-refractivity contribution in [3.8, 4) is 0 Å². The van der Waals surface area contributed by atoms with E-state index >= 15 is 0 Å². The number of rotatable bonds is 9. The fraction of sp³-hybridized carbons (Fsp3) is 0.625. The Morgan fingerprint density at radius 1 is 1.38 bits per heavy atom. The summed E-state index contributed by atoms with van der Waals surface area (Å²) in [7, 11) is 0. The summed E-state index contributed by atoms with van der Waals surface area (Å²) < 4.78 is 0. The van der Waals surface area contributed by atoms with Gasteiger partial charge in [0, 0.05) is 5.69 Å². The average molecular weight is 310 g/mol. The van der Waals surface area contributed by atoms with Crippen LogP contribution in [-0.2, 0) is 4.79 Å². The lowest BCUT2D eigenvalue weighted by molar-refractivity contribution is -0.145. The van der Waals surface area contributed by atoms with Gasteiger partial charge in [-0.1, -0.05) is 13.8 Å². The molecule has 0 aromatic carbocycles. The molecule has 1 heterocycles. The van der Waals surface area contributed by atoms with Gasteiger partial charge in [-0.25, -0.2) is 4.98 Å². The van der Waals surface area contributed by atoms with Crippen LogP contribution < -0.4 is 5.32 Å². The number of hydrogen-bond acceptors (Lipinski definition) is 4. The maximum atomic E-state index is 11.5. The smallest absolute Gasteiger partial charge is 0.323 e. The zero-order valence-electron chi connectivity index (χ0n) is 13.4. The Hall–Kier alpha value is -1.07. The second kappa shape index (κ2) is 8.39. The van der Waals surface area contributed by atoms with Crippen LogP contribution in [0, 0.1) is 13.8 Å². The highest BCUT2D eigenvalue weighted by atomic mass is 32.2. The van der Waals surface area contributed by atoms with Crippen LogP contribution in [0.5, 0.6) is 0 Å². The molecule has 0 fully saturated rings. The molecule has 1 aromatic rings. The first-order valence-corrected chi connectivity index (χ1v) is 8.48. The highest BCUT2D eigenvalue weighted by molar-refractivity contribution is 7.99. The third kappa shape index (κ3) is 5.32. The molecular weight excluding hydrogens is 284 g/mol. The number of thioether (sulfide) groups is 1. The maximum absolute atomic E-state index is 11.5. The molecule has 21 heavy (non-hydrogen) atoms. The molecule has 4 nitrogen and oxygen atoms in total. The molecule has 0 saturated heterocycles. The zero-order chi connectivity index (χ0) is 15.9. The number of carboxylic acids is 1. The number of carboxylic acid groups (broad SMARTS) is 1. The van der Waals surface area contributed by atoms with Crippen LogP contribution >= 0.6 is 11.8 Å². The third-order valence-electron chi connectivity index (χ3n) is 3.60. The molecular formula is C16H26N2O2S. The predicted octanol–water partition coefficient (Wildman–Crippen LogP) is 3.41. The molecule has 0 aliphatic heterocycles. The molecule has 2 N–H and O–H groups in total. The summed E-state index contributed by atoms with van der Waals surface area (Å²) >= 11 is 1.70. The van der Waals surface area contributed by atoms with E-state index in [-0.39, 0.29) is 0 Å². The number of nitrogens with one attached hydrogen (secondary N) is 1. The number of aliphatic carboxylic acids is 1. The molecule has 5 heteroatoms. The molecule has 1 atom stereocenters. The van der Waals surface area contributed by atoms with Crippen molar-refractivity contribution in [1.29, 1.82) is 0 Å². The van der Waals surface area contributed by atoms with Crippen molar-refractivity contribution >= 4 is 17.7 Å². The quantitative estimate of drug-likeness (QED) is 0.540. The molecule has 0 aliphatic carbocycles. The number of aryl methyl sites for hydroxylation is 2. The van der Waals surface area contributed by atoms with Gasteiger partial charge >= 0.3 is 5.97 Å². The van der Waals surface area contributed by atoms with Crippen LogP contribution in [-0.4, -0.2) is 33.9 Å². The molecule has 1 aromatic heterocycles. The first kappa shape index (κ1) is 18.0. The van der Waals surface area contributed by atoms with E-state index in [1.165, 1.54) is 5.56 Å². The van der Waals surface area contributed by atoms with Gasteiger partial charge in [-0.15, -0.1) is 11.8 Å². The molecule has 0 amide bonds. The average Bonchev–Trinajstić information content (AvgIpc) is 2.41. The highest BCUT2D eigenvalue weighted by Crippen LogP contribution is 2.23. The lowest BCUT2D eigenvalue weighted by Gasteiger charge is -2.29. The molecule has 0 radical (unpaired) electrons. The minimum Gasteiger partial charge on any atom is -0.480 e. The van der Waals surface area contributed by atoms with Crippen LogP contribution in [0.2, 0.25) is 0 Å². The number of carbonyl (C=O) groups is 1. The molecule has 0 aliphatic rings. The van der Waals surface area contributed by atoms with Crippen molar-refractivity contribution in [1.82, 2.24) is 10.3 Å². The van der Waals surface area contributed by atoms with Gasteiger partial charge in [0.05, 0.1) is 5.03 Å². The minimum absolute atomic E-state index is 0.600. The first-order valence-electron chi connectivity index (χ1n) is 7.50. The van der Waals surface area contributed by atoms with Gasteiger partial charge in [0.15, 0.2) is 0 Å².